The summed E-state index contributed by atoms with van der Waals surface area (Å²) >= 11 is 0. The molecule has 0 atom stereocenters. The number of hydrogen-bond donors (Lipinski definition) is 0. The smallest absolute Gasteiger partial charge is 0.175 e. The molecule has 170 valence electrons. The molecular weight excluding hydrogens is 402 g/mol. The summed E-state index contributed by atoms with van der Waals surface area (Å²) in [5.41, 5.74) is 8.20. The fourth-order valence-electron chi connectivity index (χ4n) is 4.88. The first-order chi connectivity index (χ1) is 15.6. The number of methoxy groups -OCH3 is 1. The van der Waals surface area contributed by atoms with Gasteiger partial charge in [0.1, 0.15) is 5.75 Å². The molecule has 1 aliphatic heterocycles. The Bertz CT molecular complexity index is 1090. The molecule has 2 aliphatic rings. The van der Waals surface area contributed by atoms with E-state index in [1.54, 1.807) is 7.11 Å². The third-order valence-electron chi connectivity index (χ3n) is 6.59. The van der Waals surface area contributed by atoms with Crippen LogP contribution < -0.4 is 9.64 Å². The van der Waals surface area contributed by atoms with E-state index in [2.05, 4.69) is 60.5 Å². The summed E-state index contributed by atoms with van der Waals surface area (Å²) in [7, 11) is 1.72. The van der Waals surface area contributed by atoms with E-state index < -0.39 is 0 Å². The fraction of sp³-hybridized carbons (Fsp3) is 0.500. The van der Waals surface area contributed by atoms with Gasteiger partial charge in [-0.2, -0.15) is 5.10 Å². The highest BCUT2D eigenvalue weighted by Gasteiger charge is 2.30. The SMILES string of the molecule is CCc1nn2c(-c3c(C)cc(OC)cc3C)cccc2c1N(CC1CC1)CC1OCCO1. The molecule has 2 fully saturated rings. The topological polar surface area (TPSA) is 48.2 Å². The second-order valence-electron chi connectivity index (χ2n) is 9.01. The Kier molecular flexibility index (Phi) is 5.82. The Hall–Kier alpha value is -2.57. The van der Waals surface area contributed by atoms with E-state index in [0.29, 0.717) is 13.2 Å². The minimum atomic E-state index is -0.164. The summed E-state index contributed by atoms with van der Waals surface area (Å²) in [6.45, 7) is 9.60. The number of aromatic nitrogens is 2. The van der Waals surface area contributed by atoms with Crippen molar-refractivity contribution in [3.8, 4) is 17.0 Å². The molecule has 2 aromatic heterocycles. The Morgan fingerprint density at radius 3 is 2.44 bits per heavy atom. The number of ether oxygens (including phenoxy) is 3. The molecule has 0 bridgehead atoms. The highest BCUT2D eigenvalue weighted by atomic mass is 16.7. The highest BCUT2D eigenvalue weighted by molar-refractivity contribution is 5.80. The van der Waals surface area contributed by atoms with Crippen LogP contribution in [0.5, 0.6) is 5.75 Å². The number of nitrogens with zero attached hydrogens (tertiary/aromatic N) is 3. The summed E-state index contributed by atoms with van der Waals surface area (Å²) in [5, 5.41) is 5.12. The lowest BCUT2D eigenvalue weighted by Crippen LogP contribution is -2.35. The van der Waals surface area contributed by atoms with E-state index in [1.165, 1.54) is 35.2 Å². The molecular formula is C26H33N3O3. The number of rotatable bonds is 8. The quantitative estimate of drug-likeness (QED) is 0.510. The van der Waals surface area contributed by atoms with Crippen LogP contribution in [0.4, 0.5) is 5.69 Å². The van der Waals surface area contributed by atoms with E-state index in [0.717, 1.165) is 48.1 Å². The zero-order valence-electron chi connectivity index (χ0n) is 19.6. The van der Waals surface area contributed by atoms with Gasteiger partial charge in [-0.05, 0) is 74.4 Å². The van der Waals surface area contributed by atoms with Crippen LogP contribution in [-0.4, -0.2) is 49.3 Å². The van der Waals surface area contributed by atoms with Crippen molar-refractivity contribution in [3.05, 3.63) is 47.2 Å². The van der Waals surface area contributed by atoms with Crippen LogP contribution >= 0.6 is 0 Å². The van der Waals surface area contributed by atoms with Crippen molar-refractivity contribution in [2.75, 3.05) is 38.3 Å². The molecule has 1 saturated carbocycles. The lowest BCUT2D eigenvalue weighted by Gasteiger charge is -2.27. The largest absolute Gasteiger partial charge is 0.497 e. The van der Waals surface area contributed by atoms with Gasteiger partial charge in [0, 0.05) is 12.1 Å². The van der Waals surface area contributed by atoms with Crippen molar-refractivity contribution in [2.24, 2.45) is 5.92 Å². The van der Waals surface area contributed by atoms with Gasteiger partial charge in [-0.15, -0.1) is 0 Å². The second kappa shape index (κ2) is 8.75. The zero-order valence-corrected chi connectivity index (χ0v) is 19.6. The van der Waals surface area contributed by atoms with Crippen molar-refractivity contribution in [3.63, 3.8) is 0 Å². The van der Waals surface area contributed by atoms with Crippen molar-refractivity contribution < 1.29 is 14.2 Å². The van der Waals surface area contributed by atoms with Crippen molar-refractivity contribution in [2.45, 2.75) is 46.3 Å². The summed E-state index contributed by atoms with van der Waals surface area (Å²) < 4.78 is 19.2. The minimum absolute atomic E-state index is 0.164. The van der Waals surface area contributed by atoms with E-state index in [4.69, 9.17) is 19.3 Å². The van der Waals surface area contributed by atoms with Crippen LogP contribution in [0.1, 0.15) is 36.6 Å². The summed E-state index contributed by atoms with van der Waals surface area (Å²) in [6, 6.07) is 10.7. The molecule has 6 nitrogen and oxygen atoms in total. The molecule has 3 aromatic rings. The van der Waals surface area contributed by atoms with Gasteiger partial charge in [0.2, 0.25) is 0 Å². The lowest BCUT2D eigenvalue weighted by molar-refractivity contribution is -0.0343. The predicted molar refractivity (Wildman–Crippen MR) is 127 cm³/mol. The molecule has 6 heteroatoms. The van der Waals surface area contributed by atoms with Gasteiger partial charge in [0.25, 0.3) is 0 Å². The molecule has 0 N–H and O–H groups in total. The zero-order chi connectivity index (χ0) is 22.2. The molecule has 0 amide bonds. The van der Waals surface area contributed by atoms with Crippen LogP contribution in [0.2, 0.25) is 0 Å². The lowest BCUT2D eigenvalue weighted by atomic mass is 9.99. The van der Waals surface area contributed by atoms with Gasteiger partial charge in [-0.3, -0.25) is 0 Å². The highest BCUT2D eigenvalue weighted by Crippen LogP contribution is 2.37. The van der Waals surface area contributed by atoms with Crippen LogP contribution in [0.3, 0.4) is 0 Å². The Morgan fingerprint density at radius 2 is 1.81 bits per heavy atom. The standard InChI is InChI=1S/C26H33N3O3/c1-5-21-26(28(15-19-9-10-19)16-24-31-11-12-32-24)23-8-6-7-22(29(23)27-21)25-17(2)13-20(30-4)14-18(25)3/h6-8,13-14,19,24H,5,9-12,15-16H2,1-4H3. The first-order valence-corrected chi connectivity index (χ1v) is 11.7. The van der Waals surface area contributed by atoms with E-state index in [1.807, 2.05) is 0 Å². The maximum atomic E-state index is 5.81. The van der Waals surface area contributed by atoms with Gasteiger partial charge in [-0.25, -0.2) is 4.52 Å². The number of fused-ring (bicyclic) bond motifs is 1. The van der Waals surface area contributed by atoms with Crippen molar-refractivity contribution >= 4 is 11.2 Å². The number of aryl methyl sites for hydroxylation is 3. The third-order valence-corrected chi connectivity index (χ3v) is 6.59. The average molecular weight is 436 g/mol. The van der Waals surface area contributed by atoms with E-state index >= 15 is 0 Å². The van der Waals surface area contributed by atoms with Gasteiger partial charge in [0.15, 0.2) is 6.29 Å². The first kappa shape index (κ1) is 21.3. The maximum absolute atomic E-state index is 5.81. The van der Waals surface area contributed by atoms with Crippen LogP contribution in [-0.2, 0) is 15.9 Å². The summed E-state index contributed by atoms with van der Waals surface area (Å²) in [6.07, 6.45) is 3.32. The molecule has 1 aliphatic carbocycles. The molecule has 1 aromatic carbocycles. The van der Waals surface area contributed by atoms with E-state index in [9.17, 15) is 0 Å². The Balaban J connectivity index is 1.63. The van der Waals surface area contributed by atoms with Crippen LogP contribution in [0.15, 0.2) is 30.3 Å². The molecule has 5 rings (SSSR count). The molecule has 3 heterocycles. The summed E-state index contributed by atoms with van der Waals surface area (Å²) in [4.78, 5) is 2.46. The molecule has 0 radical (unpaired) electrons. The molecule has 0 unspecified atom stereocenters. The number of anilines is 1. The predicted octanol–water partition coefficient (Wildman–Crippen LogP) is 4.78. The normalized spacial score (nSPS) is 16.8. The third kappa shape index (κ3) is 3.97. The summed E-state index contributed by atoms with van der Waals surface area (Å²) in [5.74, 6) is 1.64. The monoisotopic (exact) mass is 435 g/mol. The Morgan fingerprint density at radius 1 is 1.09 bits per heavy atom. The number of hydrogen-bond acceptors (Lipinski definition) is 5. The van der Waals surface area contributed by atoms with Gasteiger partial charge in [-0.1, -0.05) is 13.0 Å². The fourth-order valence-corrected chi connectivity index (χ4v) is 4.88. The van der Waals surface area contributed by atoms with Crippen LogP contribution in [0.25, 0.3) is 16.8 Å². The minimum Gasteiger partial charge on any atom is -0.497 e. The van der Waals surface area contributed by atoms with Crippen molar-refractivity contribution in [1.29, 1.82) is 0 Å². The molecule has 32 heavy (non-hydrogen) atoms. The van der Waals surface area contributed by atoms with Gasteiger partial charge in [0.05, 0.1) is 49.5 Å². The van der Waals surface area contributed by atoms with E-state index in [-0.39, 0.29) is 6.29 Å². The number of benzene rings is 1. The van der Waals surface area contributed by atoms with Crippen LogP contribution in [0, 0.1) is 19.8 Å². The second-order valence-corrected chi connectivity index (χ2v) is 9.01. The van der Waals surface area contributed by atoms with Gasteiger partial charge >= 0.3 is 0 Å². The van der Waals surface area contributed by atoms with Crippen molar-refractivity contribution in [1.82, 2.24) is 9.61 Å². The average Bonchev–Trinajstić information content (AvgIpc) is 3.30. The molecule has 0 spiro atoms. The Labute approximate surface area is 190 Å². The maximum Gasteiger partial charge on any atom is 0.175 e. The first-order valence-electron chi connectivity index (χ1n) is 11.7. The molecule has 1 saturated heterocycles. The van der Waals surface area contributed by atoms with Gasteiger partial charge < -0.3 is 19.1 Å². The number of pyridine rings is 1.